The van der Waals surface area contributed by atoms with Gasteiger partial charge in [-0.15, -0.1) is 0 Å². The summed E-state index contributed by atoms with van der Waals surface area (Å²) in [5, 5.41) is 8.95. The Labute approximate surface area is 121 Å². The van der Waals surface area contributed by atoms with Gasteiger partial charge in [0.25, 0.3) is 0 Å². The quantitative estimate of drug-likeness (QED) is 0.888. The molecule has 1 aromatic heterocycles. The highest BCUT2D eigenvalue weighted by Gasteiger charge is 2.24. The molecule has 2 N–H and O–H groups in total. The van der Waals surface area contributed by atoms with E-state index in [-0.39, 0.29) is 11.7 Å². The molecule has 1 aromatic carbocycles. The molecule has 0 atom stereocenters. The van der Waals surface area contributed by atoms with Crippen molar-refractivity contribution < 1.29 is 9.90 Å². The number of hydrogen-bond acceptors (Lipinski definition) is 2. The van der Waals surface area contributed by atoms with E-state index in [1.807, 2.05) is 36.5 Å². The van der Waals surface area contributed by atoms with E-state index in [2.05, 4.69) is 4.98 Å². The van der Waals surface area contributed by atoms with E-state index >= 15 is 0 Å². The van der Waals surface area contributed by atoms with Gasteiger partial charge in [0.2, 0.25) is 0 Å². The number of likely N-dealkylation sites (tertiary alicyclic amines) is 1. The smallest absolute Gasteiger partial charge is 0.407 e. The number of imidazole rings is 1. The van der Waals surface area contributed by atoms with Crippen molar-refractivity contribution in [3.8, 4) is 11.3 Å². The fourth-order valence-electron chi connectivity index (χ4n) is 2.78. The summed E-state index contributed by atoms with van der Waals surface area (Å²) in [6, 6.07) is 9.74. The van der Waals surface area contributed by atoms with Crippen molar-refractivity contribution >= 4 is 6.09 Å². The molecule has 0 aliphatic carbocycles. The minimum absolute atomic E-state index is 0.0572. The lowest BCUT2D eigenvalue weighted by Gasteiger charge is -2.30. The third-order valence-corrected chi connectivity index (χ3v) is 3.96. The van der Waals surface area contributed by atoms with Gasteiger partial charge in [0.05, 0.1) is 5.69 Å². The first-order chi connectivity index (χ1) is 10.1. The molecule has 1 aliphatic rings. The van der Waals surface area contributed by atoms with E-state index in [0.29, 0.717) is 25.9 Å². The monoisotopic (exact) mass is 287 g/mol. The summed E-state index contributed by atoms with van der Waals surface area (Å²) in [5.74, 6) is 0. The van der Waals surface area contributed by atoms with Crippen LogP contribution in [0, 0.1) is 0 Å². The lowest BCUT2D eigenvalue weighted by molar-refractivity contribution is 0.125. The Morgan fingerprint density at radius 1 is 1.19 bits per heavy atom. The minimum Gasteiger partial charge on any atom is -0.465 e. The van der Waals surface area contributed by atoms with Gasteiger partial charge in [-0.25, -0.2) is 9.59 Å². The highest BCUT2D eigenvalue weighted by molar-refractivity contribution is 5.65. The second-order valence-electron chi connectivity index (χ2n) is 5.25. The number of amides is 1. The lowest BCUT2D eigenvalue weighted by Crippen LogP contribution is -2.39. The van der Waals surface area contributed by atoms with Crippen molar-refractivity contribution in [2.24, 2.45) is 0 Å². The van der Waals surface area contributed by atoms with Crippen molar-refractivity contribution in [3.05, 3.63) is 47.0 Å². The number of carbonyl (C=O) groups is 1. The van der Waals surface area contributed by atoms with E-state index < -0.39 is 6.09 Å². The molecule has 0 saturated carbocycles. The third-order valence-electron chi connectivity index (χ3n) is 3.96. The molecule has 21 heavy (non-hydrogen) atoms. The maximum absolute atomic E-state index is 12.1. The first-order valence-corrected chi connectivity index (χ1v) is 6.99. The Bertz CT molecular complexity index is 682. The topological polar surface area (TPSA) is 78.3 Å². The fraction of sp³-hybridized carbons (Fsp3) is 0.333. The Hall–Kier alpha value is -2.50. The van der Waals surface area contributed by atoms with Gasteiger partial charge >= 0.3 is 11.8 Å². The SMILES string of the molecule is O=C(O)N1CCC(n2cc(-c3ccccc3)[nH]c2=O)CC1. The van der Waals surface area contributed by atoms with Crippen LogP contribution in [0.2, 0.25) is 0 Å². The van der Waals surface area contributed by atoms with E-state index in [1.54, 1.807) is 4.57 Å². The van der Waals surface area contributed by atoms with Gasteiger partial charge in [0.1, 0.15) is 0 Å². The summed E-state index contributed by atoms with van der Waals surface area (Å²) in [6.07, 6.45) is 2.27. The van der Waals surface area contributed by atoms with Gasteiger partial charge in [-0.05, 0) is 18.4 Å². The fourth-order valence-corrected chi connectivity index (χ4v) is 2.78. The average Bonchev–Trinajstić information content (AvgIpc) is 2.90. The molecule has 2 heterocycles. The molecule has 1 saturated heterocycles. The van der Waals surface area contributed by atoms with Gasteiger partial charge in [0.15, 0.2) is 0 Å². The highest BCUT2D eigenvalue weighted by Crippen LogP contribution is 2.23. The first kappa shape index (κ1) is 13.5. The second-order valence-corrected chi connectivity index (χ2v) is 5.25. The Morgan fingerprint density at radius 3 is 2.48 bits per heavy atom. The van der Waals surface area contributed by atoms with Gasteiger partial charge in [-0.1, -0.05) is 30.3 Å². The largest absolute Gasteiger partial charge is 0.465 e. The molecule has 0 spiro atoms. The maximum Gasteiger partial charge on any atom is 0.407 e. The van der Waals surface area contributed by atoms with Crippen molar-refractivity contribution in [2.45, 2.75) is 18.9 Å². The van der Waals surface area contributed by atoms with Crippen LogP contribution in [0.3, 0.4) is 0 Å². The van der Waals surface area contributed by atoms with Crippen LogP contribution in [-0.4, -0.2) is 38.7 Å². The van der Waals surface area contributed by atoms with Crippen LogP contribution in [0.5, 0.6) is 0 Å². The molecule has 6 heteroatoms. The van der Waals surface area contributed by atoms with Crippen LogP contribution in [0.25, 0.3) is 11.3 Å². The number of piperidine rings is 1. The summed E-state index contributed by atoms with van der Waals surface area (Å²) in [6.45, 7) is 0.941. The number of aromatic amines is 1. The molecule has 0 radical (unpaired) electrons. The molecule has 1 amide bonds. The molecule has 1 fully saturated rings. The molecule has 3 rings (SSSR count). The number of hydrogen-bond donors (Lipinski definition) is 2. The van der Waals surface area contributed by atoms with E-state index in [0.717, 1.165) is 11.3 Å². The number of nitrogens with one attached hydrogen (secondary N) is 1. The van der Waals surface area contributed by atoms with Crippen molar-refractivity contribution in [2.75, 3.05) is 13.1 Å². The zero-order chi connectivity index (χ0) is 14.8. The maximum atomic E-state index is 12.1. The number of benzene rings is 1. The lowest BCUT2D eigenvalue weighted by atomic mass is 10.1. The predicted octanol–water partition coefficient (Wildman–Crippen LogP) is 2.16. The first-order valence-electron chi connectivity index (χ1n) is 6.99. The summed E-state index contributed by atoms with van der Waals surface area (Å²) < 4.78 is 1.70. The minimum atomic E-state index is -0.889. The zero-order valence-electron chi connectivity index (χ0n) is 11.5. The predicted molar refractivity (Wildman–Crippen MR) is 78.4 cm³/mol. The number of nitrogens with zero attached hydrogens (tertiary/aromatic N) is 2. The number of H-pyrrole nitrogens is 1. The van der Waals surface area contributed by atoms with Gasteiger partial charge in [-0.2, -0.15) is 0 Å². The Kier molecular flexibility index (Phi) is 3.51. The normalized spacial score (nSPS) is 16.1. The van der Waals surface area contributed by atoms with Gasteiger partial charge in [-0.3, -0.25) is 4.57 Å². The number of rotatable bonds is 2. The second kappa shape index (κ2) is 5.47. The third kappa shape index (κ3) is 2.69. The van der Waals surface area contributed by atoms with E-state index in [1.165, 1.54) is 4.90 Å². The van der Waals surface area contributed by atoms with Crippen molar-refractivity contribution in [1.29, 1.82) is 0 Å². The molecule has 0 unspecified atom stereocenters. The molecule has 110 valence electrons. The summed E-state index contributed by atoms with van der Waals surface area (Å²) in [5.41, 5.74) is 1.63. The molecule has 2 aromatic rings. The summed E-state index contributed by atoms with van der Waals surface area (Å²) >= 11 is 0. The number of carboxylic acid groups (broad SMARTS) is 1. The molecular formula is C15H17N3O3. The Morgan fingerprint density at radius 2 is 1.86 bits per heavy atom. The average molecular weight is 287 g/mol. The van der Waals surface area contributed by atoms with Gasteiger partial charge < -0.3 is 15.0 Å². The van der Waals surface area contributed by atoms with Crippen molar-refractivity contribution in [1.82, 2.24) is 14.5 Å². The van der Waals surface area contributed by atoms with Crippen molar-refractivity contribution in [3.63, 3.8) is 0 Å². The zero-order valence-corrected chi connectivity index (χ0v) is 11.5. The van der Waals surface area contributed by atoms with Crippen LogP contribution in [0.15, 0.2) is 41.3 Å². The Balaban J connectivity index is 1.80. The summed E-state index contributed by atoms with van der Waals surface area (Å²) in [7, 11) is 0. The number of aromatic nitrogens is 2. The highest BCUT2D eigenvalue weighted by atomic mass is 16.4. The van der Waals surface area contributed by atoms with Crippen LogP contribution in [-0.2, 0) is 0 Å². The molecule has 1 aliphatic heterocycles. The van der Waals surface area contributed by atoms with Crippen LogP contribution >= 0.6 is 0 Å². The standard InChI is InChI=1S/C15H17N3O3/c19-14-16-13(11-4-2-1-3-5-11)10-18(14)12-6-8-17(9-7-12)15(20)21/h1-5,10,12H,6-9H2,(H,16,19)(H,20,21). The van der Waals surface area contributed by atoms with Gasteiger partial charge in [0, 0.05) is 25.3 Å². The van der Waals surface area contributed by atoms with Crippen LogP contribution in [0.4, 0.5) is 4.79 Å². The van der Waals surface area contributed by atoms with E-state index in [9.17, 15) is 9.59 Å². The van der Waals surface area contributed by atoms with Crippen LogP contribution < -0.4 is 5.69 Å². The molecule has 6 nitrogen and oxygen atoms in total. The summed E-state index contributed by atoms with van der Waals surface area (Å²) in [4.78, 5) is 27.3. The molecular weight excluding hydrogens is 270 g/mol. The van der Waals surface area contributed by atoms with Crippen LogP contribution in [0.1, 0.15) is 18.9 Å². The van der Waals surface area contributed by atoms with E-state index in [4.69, 9.17) is 5.11 Å². The molecule has 0 bridgehead atoms.